The van der Waals surface area contributed by atoms with Gasteiger partial charge in [0.2, 0.25) is 0 Å². The standard InChI is InChI=1S/C15H20BrClN2O/c1-19(14-5-3-2-4-10(14)9-18)15(20)12-8-11(17)6-7-13(12)16/h6-8,10,14H,2-5,9,18H2,1H3. The summed E-state index contributed by atoms with van der Waals surface area (Å²) < 4.78 is 0.777. The lowest BCUT2D eigenvalue weighted by molar-refractivity contribution is 0.0619. The molecule has 0 bridgehead atoms. The van der Waals surface area contributed by atoms with Gasteiger partial charge in [-0.3, -0.25) is 4.79 Å². The molecule has 5 heteroatoms. The maximum Gasteiger partial charge on any atom is 0.255 e. The lowest BCUT2D eigenvalue weighted by atomic mass is 9.83. The Morgan fingerprint density at radius 1 is 1.45 bits per heavy atom. The van der Waals surface area contributed by atoms with E-state index in [1.54, 1.807) is 12.1 Å². The zero-order chi connectivity index (χ0) is 14.7. The van der Waals surface area contributed by atoms with Gasteiger partial charge in [-0.1, -0.05) is 24.4 Å². The van der Waals surface area contributed by atoms with Crippen molar-refractivity contribution in [3.05, 3.63) is 33.3 Å². The predicted molar refractivity (Wildman–Crippen MR) is 86.0 cm³/mol. The van der Waals surface area contributed by atoms with Crippen LogP contribution in [0.4, 0.5) is 0 Å². The van der Waals surface area contributed by atoms with Crippen molar-refractivity contribution in [1.29, 1.82) is 0 Å². The zero-order valence-corrected chi connectivity index (χ0v) is 14.0. The Bertz CT molecular complexity index is 495. The minimum atomic E-state index is 0.00437. The van der Waals surface area contributed by atoms with Crippen molar-refractivity contribution in [2.24, 2.45) is 11.7 Å². The smallest absolute Gasteiger partial charge is 0.255 e. The molecule has 0 saturated heterocycles. The van der Waals surface area contributed by atoms with Crippen molar-refractivity contribution in [3.8, 4) is 0 Å². The van der Waals surface area contributed by atoms with E-state index in [-0.39, 0.29) is 11.9 Å². The van der Waals surface area contributed by atoms with Gasteiger partial charge in [0.05, 0.1) is 5.56 Å². The third-order valence-corrected chi connectivity index (χ3v) is 5.07. The van der Waals surface area contributed by atoms with Gasteiger partial charge in [-0.2, -0.15) is 0 Å². The lowest BCUT2D eigenvalue weighted by Gasteiger charge is -2.37. The molecule has 0 heterocycles. The van der Waals surface area contributed by atoms with Crippen molar-refractivity contribution < 1.29 is 4.79 Å². The fourth-order valence-corrected chi connectivity index (χ4v) is 3.56. The number of halogens is 2. The first-order valence-electron chi connectivity index (χ1n) is 6.97. The minimum absolute atomic E-state index is 0.00437. The number of benzene rings is 1. The topological polar surface area (TPSA) is 46.3 Å². The van der Waals surface area contributed by atoms with Crippen molar-refractivity contribution in [2.75, 3.05) is 13.6 Å². The number of rotatable bonds is 3. The molecule has 2 rings (SSSR count). The third-order valence-electron chi connectivity index (χ3n) is 4.15. The van der Waals surface area contributed by atoms with Crippen molar-refractivity contribution >= 4 is 33.4 Å². The Labute approximate surface area is 133 Å². The van der Waals surface area contributed by atoms with Crippen LogP contribution in [0.5, 0.6) is 0 Å². The average Bonchev–Trinajstić information content (AvgIpc) is 2.48. The van der Waals surface area contributed by atoms with E-state index in [4.69, 9.17) is 17.3 Å². The Morgan fingerprint density at radius 3 is 2.85 bits per heavy atom. The largest absolute Gasteiger partial charge is 0.338 e. The van der Waals surface area contributed by atoms with E-state index in [0.29, 0.717) is 23.0 Å². The second-order valence-corrected chi connectivity index (χ2v) is 6.68. The molecule has 1 aromatic rings. The first-order chi connectivity index (χ1) is 9.54. The molecule has 0 radical (unpaired) electrons. The van der Waals surface area contributed by atoms with Crippen molar-refractivity contribution in [1.82, 2.24) is 4.90 Å². The molecule has 1 aromatic carbocycles. The fourth-order valence-electron chi connectivity index (χ4n) is 2.97. The molecule has 1 saturated carbocycles. The highest BCUT2D eigenvalue weighted by Crippen LogP contribution is 2.29. The van der Waals surface area contributed by atoms with Crippen LogP contribution in [-0.4, -0.2) is 30.4 Å². The molecule has 2 atom stereocenters. The number of nitrogens with zero attached hydrogens (tertiary/aromatic N) is 1. The molecular weight excluding hydrogens is 340 g/mol. The zero-order valence-electron chi connectivity index (χ0n) is 11.6. The normalized spacial score (nSPS) is 22.6. The summed E-state index contributed by atoms with van der Waals surface area (Å²) in [7, 11) is 1.87. The first kappa shape index (κ1) is 15.8. The highest BCUT2D eigenvalue weighted by Gasteiger charge is 2.30. The summed E-state index contributed by atoms with van der Waals surface area (Å²) in [6, 6.07) is 5.52. The molecule has 1 aliphatic carbocycles. The molecule has 1 amide bonds. The van der Waals surface area contributed by atoms with Crippen LogP contribution in [0.1, 0.15) is 36.0 Å². The van der Waals surface area contributed by atoms with Crippen LogP contribution in [0, 0.1) is 5.92 Å². The van der Waals surface area contributed by atoms with Gasteiger partial charge in [-0.25, -0.2) is 0 Å². The summed E-state index contributed by atoms with van der Waals surface area (Å²) in [5.74, 6) is 0.403. The summed E-state index contributed by atoms with van der Waals surface area (Å²) in [5.41, 5.74) is 6.47. The van der Waals surface area contributed by atoms with Gasteiger partial charge in [0.25, 0.3) is 5.91 Å². The van der Waals surface area contributed by atoms with Crippen LogP contribution in [0.15, 0.2) is 22.7 Å². The highest BCUT2D eigenvalue weighted by atomic mass is 79.9. The molecular formula is C15H20BrClN2O. The van der Waals surface area contributed by atoms with Gasteiger partial charge in [-0.15, -0.1) is 0 Å². The number of carbonyl (C=O) groups is 1. The van der Waals surface area contributed by atoms with Crippen LogP contribution in [0.2, 0.25) is 5.02 Å². The van der Waals surface area contributed by atoms with E-state index in [9.17, 15) is 4.79 Å². The molecule has 1 fully saturated rings. The number of carbonyl (C=O) groups excluding carboxylic acids is 1. The van der Waals surface area contributed by atoms with Gasteiger partial charge in [0.1, 0.15) is 0 Å². The predicted octanol–water partition coefficient (Wildman–Crippen LogP) is 3.69. The molecule has 1 aliphatic rings. The van der Waals surface area contributed by atoms with Crippen molar-refractivity contribution in [3.63, 3.8) is 0 Å². The van der Waals surface area contributed by atoms with E-state index in [2.05, 4.69) is 15.9 Å². The van der Waals surface area contributed by atoms with Crippen molar-refractivity contribution in [2.45, 2.75) is 31.7 Å². The van der Waals surface area contributed by atoms with Gasteiger partial charge < -0.3 is 10.6 Å². The molecule has 2 unspecified atom stereocenters. The highest BCUT2D eigenvalue weighted by molar-refractivity contribution is 9.10. The summed E-state index contributed by atoms with van der Waals surface area (Å²) in [6.45, 7) is 0.638. The Balaban J connectivity index is 2.21. The van der Waals surface area contributed by atoms with E-state index in [0.717, 1.165) is 23.7 Å². The van der Waals surface area contributed by atoms with Crippen LogP contribution in [0.25, 0.3) is 0 Å². The quantitative estimate of drug-likeness (QED) is 0.894. The molecule has 0 aromatic heterocycles. The number of nitrogens with two attached hydrogens (primary N) is 1. The van der Waals surface area contributed by atoms with E-state index < -0.39 is 0 Å². The first-order valence-corrected chi connectivity index (χ1v) is 8.14. The third kappa shape index (κ3) is 3.35. The second-order valence-electron chi connectivity index (χ2n) is 5.39. The monoisotopic (exact) mass is 358 g/mol. The second kappa shape index (κ2) is 6.92. The molecule has 110 valence electrons. The van der Waals surface area contributed by atoms with Gasteiger partial charge in [0.15, 0.2) is 0 Å². The number of hydrogen-bond donors (Lipinski definition) is 1. The maximum absolute atomic E-state index is 12.7. The Hall–Kier alpha value is -0.580. The van der Waals surface area contributed by atoms with Crippen LogP contribution in [0.3, 0.4) is 0 Å². The van der Waals surface area contributed by atoms with E-state index >= 15 is 0 Å². The Kier molecular flexibility index (Phi) is 5.47. The molecule has 3 nitrogen and oxygen atoms in total. The average molecular weight is 360 g/mol. The summed E-state index contributed by atoms with van der Waals surface area (Å²) in [6.07, 6.45) is 4.51. The number of hydrogen-bond acceptors (Lipinski definition) is 2. The van der Waals surface area contributed by atoms with Crippen LogP contribution in [-0.2, 0) is 0 Å². The Morgan fingerprint density at radius 2 is 2.15 bits per heavy atom. The van der Waals surface area contributed by atoms with E-state index in [1.807, 2.05) is 18.0 Å². The molecule has 0 aliphatic heterocycles. The lowest BCUT2D eigenvalue weighted by Crippen LogP contribution is -2.46. The van der Waals surface area contributed by atoms with Gasteiger partial charge >= 0.3 is 0 Å². The van der Waals surface area contributed by atoms with Crippen LogP contribution >= 0.6 is 27.5 Å². The summed E-state index contributed by atoms with van der Waals surface area (Å²) in [4.78, 5) is 14.5. The van der Waals surface area contributed by atoms with E-state index in [1.165, 1.54) is 6.42 Å². The number of amides is 1. The van der Waals surface area contributed by atoms with Gasteiger partial charge in [-0.05, 0) is 59.4 Å². The van der Waals surface area contributed by atoms with Crippen LogP contribution < -0.4 is 5.73 Å². The molecule has 2 N–H and O–H groups in total. The molecule has 20 heavy (non-hydrogen) atoms. The summed E-state index contributed by atoms with van der Waals surface area (Å²) >= 11 is 9.42. The SMILES string of the molecule is CN(C(=O)c1cc(Cl)ccc1Br)C1CCCCC1CN. The fraction of sp³-hybridized carbons (Fsp3) is 0.533. The minimum Gasteiger partial charge on any atom is -0.338 e. The maximum atomic E-state index is 12.7. The molecule has 0 spiro atoms. The summed E-state index contributed by atoms with van der Waals surface area (Å²) in [5, 5.41) is 0.573. The van der Waals surface area contributed by atoms with Gasteiger partial charge in [0, 0.05) is 22.6 Å².